The molecule has 3 rings (SSSR count). The fraction of sp³-hybridized carbons (Fsp3) is 0.300. The van der Waals surface area contributed by atoms with Crippen LogP contribution in [0.2, 0.25) is 5.02 Å². The minimum absolute atomic E-state index is 0.0806. The highest BCUT2D eigenvalue weighted by Gasteiger charge is 2.47. The first-order chi connectivity index (χ1) is 12.5. The lowest BCUT2D eigenvalue weighted by atomic mass is 9.74. The van der Waals surface area contributed by atoms with E-state index >= 15 is 0 Å². The number of ketones is 1. The minimum atomic E-state index is -0.939. The first-order valence-electron chi connectivity index (χ1n) is 8.54. The Bertz CT molecular complexity index is 844. The molecular formula is C20H20ClFN2OS. The number of thiocarbonyl (C=S) groups is 1. The molecular weight excluding hydrogens is 371 g/mol. The molecule has 1 saturated carbocycles. The summed E-state index contributed by atoms with van der Waals surface area (Å²) in [5.74, 6) is -0.318. The number of anilines is 1. The zero-order valence-corrected chi connectivity index (χ0v) is 16.0. The van der Waals surface area contributed by atoms with Gasteiger partial charge < -0.3 is 10.2 Å². The normalized spacial score (nSPS) is 19.9. The fourth-order valence-corrected chi connectivity index (χ4v) is 4.12. The third-order valence-corrected chi connectivity index (χ3v) is 5.67. The molecule has 26 heavy (non-hydrogen) atoms. The molecule has 1 N–H and O–H groups in total. The molecule has 0 radical (unpaired) electrons. The van der Waals surface area contributed by atoms with Crippen LogP contribution in [0.15, 0.2) is 48.5 Å². The van der Waals surface area contributed by atoms with Gasteiger partial charge in [0, 0.05) is 24.1 Å². The van der Waals surface area contributed by atoms with E-state index in [0.29, 0.717) is 17.9 Å². The van der Waals surface area contributed by atoms with Crippen LogP contribution in [-0.2, 0) is 10.3 Å². The number of likely N-dealkylation sites (N-methyl/N-ethyl adjacent to an activating group) is 1. The zero-order valence-electron chi connectivity index (χ0n) is 14.5. The number of carbonyl (C=O) groups is 1. The van der Waals surface area contributed by atoms with Gasteiger partial charge in [-0.1, -0.05) is 41.9 Å². The summed E-state index contributed by atoms with van der Waals surface area (Å²) in [6.45, 7) is 0. The molecule has 3 nitrogen and oxygen atoms in total. The lowest BCUT2D eigenvalue weighted by molar-refractivity contribution is -0.131. The monoisotopic (exact) mass is 390 g/mol. The summed E-state index contributed by atoms with van der Waals surface area (Å²) in [6.07, 6.45) is 2.83. The van der Waals surface area contributed by atoms with Crippen molar-refractivity contribution in [3.8, 4) is 0 Å². The molecule has 0 amide bonds. The Balaban J connectivity index is 1.99. The zero-order chi connectivity index (χ0) is 18.7. The van der Waals surface area contributed by atoms with Crippen LogP contribution >= 0.6 is 23.8 Å². The molecule has 0 spiro atoms. The second-order valence-corrected chi connectivity index (χ2v) is 7.23. The molecule has 0 unspecified atom stereocenters. The smallest absolute Gasteiger partial charge is 0.174 e. The van der Waals surface area contributed by atoms with Gasteiger partial charge in [-0.05, 0) is 49.7 Å². The van der Waals surface area contributed by atoms with Crippen molar-refractivity contribution in [2.45, 2.75) is 31.2 Å². The average molecular weight is 391 g/mol. The molecule has 0 saturated heterocycles. The van der Waals surface area contributed by atoms with Crippen molar-refractivity contribution < 1.29 is 9.18 Å². The number of hydrogen-bond acceptors (Lipinski definition) is 2. The number of benzene rings is 2. The molecule has 6 heteroatoms. The highest BCUT2D eigenvalue weighted by molar-refractivity contribution is 7.80. The van der Waals surface area contributed by atoms with Gasteiger partial charge in [-0.15, -0.1) is 0 Å². The van der Waals surface area contributed by atoms with Crippen molar-refractivity contribution in [1.29, 1.82) is 0 Å². The van der Waals surface area contributed by atoms with E-state index in [1.54, 1.807) is 36.2 Å². The lowest BCUT2D eigenvalue weighted by Crippen LogP contribution is -2.55. The summed E-state index contributed by atoms with van der Waals surface area (Å²) >= 11 is 12.0. The number of carbonyl (C=O) groups excluding carboxylic acids is 1. The maximum Gasteiger partial charge on any atom is 0.174 e. The molecule has 0 aromatic heterocycles. The van der Waals surface area contributed by atoms with E-state index in [4.69, 9.17) is 23.8 Å². The van der Waals surface area contributed by atoms with Crippen LogP contribution < -0.4 is 5.32 Å². The number of rotatable bonds is 3. The van der Waals surface area contributed by atoms with Crippen LogP contribution in [0.25, 0.3) is 0 Å². The Morgan fingerprint density at radius 2 is 1.88 bits per heavy atom. The summed E-state index contributed by atoms with van der Waals surface area (Å²) in [6, 6.07) is 13.7. The molecule has 2 aromatic rings. The van der Waals surface area contributed by atoms with Gasteiger partial charge in [-0.25, -0.2) is 4.39 Å². The van der Waals surface area contributed by atoms with Crippen molar-refractivity contribution in [2.24, 2.45) is 0 Å². The Morgan fingerprint density at radius 1 is 1.19 bits per heavy atom. The molecule has 2 aromatic carbocycles. The van der Waals surface area contributed by atoms with Gasteiger partial charge in [0.15, 0.2) is 10.9 Å². The Kier molecular flexibility index (Phi) is 5.58. The number of hydrogen-bond donors (Lipinski definition) is 1. The molecule has 1 aliphatic carbocycles. The summed E-state index contributed by atoms with van der Waals surface area (Å²) in [7, 11) is 1.77. The quantitative estimate of drug-likeness (QED) is 0.735. The van der Waals surface area contributed by atoms with Crippen LogP contribution in [0.1, 0.15) is 31.2 Å². The van der Waals surface area contributed by atoms with E-state index in [0.717, 1.165) is 18.4 Å². The maximum absolute atomic E-state index is 14.0. The SMILES string of the molecule is CN(C(=S)Nc1ccccc1F)[C@]1(c2ccccc2Cl)CCCCC1=O. The average Bonchev–Trinajstić information content (AvgIpc) is 2.64. The summed E-state index contributed by atoms with van der Waals surface area (Å²) in [5, 5.41) is 3.74. The van der Waals surface area contributed by atoms with Crippen LogP contribution in [0.5, 0.6) is 0 Å². The molecule has 0 heterocycles. The van der Waals surface area contributed by atoms with Gasteiger partial charge >= 0.3 is 0 Å². The van der Waals surface area contributed by atoms with Gasteiger partial charge in [0.2, 0.25) is 0 Å². The summed E-state index contributed by atoms with van der Waals surface area (Å²) in [5.41, 5.74) is 0.0832. The summed E-state index contributed by atoms with van der Waals surface area (Å²) < 4.78 is 14.0. The Morgan fingerprint density at radius 3 is 2.58 bits per heavy atom. The molecule has 1 fully saturated rings. The van der Waals surface area contributed by atoms with E-state index in [-0.39, 0.29) is 16.6 Å². The number of Topliss-reactive ketones (excluding diaryl/α,β-unsaturated/α-hetero) is 1. The van der Waals surface area contributed by atoms with Gasteiger partial charge in [0.05, 0.1) is 5.69 Å². The Hall–Kier alpha value is -1.98. The van der Waals surface area contributed by atoms with Crippen LogP contribution in [0.4, 0.5) is 10.1 Å². The van der Waals surface area contributed by atoms with E-state index in [1.165, 1.54) is 6.07 Å². The van der Waals surface area contributed by atoms with Gasteiger partial charge in [-0.2, -0.15) is 0 Å². The predicted molar refractivity (Wildman–Crippen MR) is 107 cm³/mol. The van der Waals surface area contributed by atoms with Gasteiger partial charge in [-0.3, -0.25) is 4.79 Å². The fourth-order valence-electron chi connectivity index (χ4n) is 3.56. The topological polar surface area (TPSA) is 32.3 Å². The van der Waals surface area contributed by atoms with E-state index in [9.17, 15) is 9.18 Å². The highest BCUT2D eigenvalue weighted by atomic mass is 35.5. The van der Waals surface area contributed by atoms with Gasteiger partial charge in [0.25, 0.3) is 0 Å². The predicted octanol–water partition coefficient (Wildman–Crippen LogP) is 5.15. The number of para-hydroxylation sites is 1. The number of halogens is 2. The molecule has 1 aliphatic rings. The first-order valence-corrected chi connectivity index (χ1v) is 9.33. The van der Waals surface area contributed by atoms with Crippen LogP contribution in [0, 0.1) is 5.82 Å². The van der Waals surface area contributed by atoms with Crippen molar-refractivity contribution in [3.63, 3.8) is 0 Å². The second kappa shape index (κ2) is 7.72. The second-order valence-electron chi connectivity index (χ2n) is 6.44. The van der Waals surface area contributed by atoms with E-state index < -0.39 is 11.4 Å². The van der Waals surface area contributed by atoms with E-state index in [1.807, 2.05) is 18.2 Å². The third kappa shape index (κ3) is 3.33. The summed E-state index contributed by atoms with van der Waals surface area (Å²) in [4.78, 5) is 14.8. The van der Waals surface area contributed by atoms with Crippen LogP contribution in [0.3, 0.4) is 0 Å². The van der Waals surface area contributed by atoms with Crippen molar-refractivity contribution in [3.05, 3.63) is 64.9 Å². The highest BCUT2D eigenvalue weighted by Crippen LogP contribution is 2.42. The van der Waals surface area contributed by atoms with Crippen molar-refractivity contribution >= 4 is 40.4 Å². The van der Waals surface area contributed by atoms with Crippen molar-refractivity contribution in [1.82, 2.24) is 4.90 Å². The molecule has 0 aliphatic heterocycles. The third-order valence-electron chi connectivity index (χ3n) is 4.97. The first kappa shape index (κ1) is 18.8. The number of nitrogens with one attached hydrogen (secondary N) is 1. The van der Waals surface area contributed by atoms with Gasteiger partial charge in [0.1, 0.15) is 11.4 Å². The van der Waals surface area contributed by atoms with Crippen molar-refractivity contribution in [2.75, 3.05) is 12.4 Å². The lowest BCUT2D eigenvalue weighted by Gasteiger charge is -2.45. The largest absolute Gasteiger partial charge is 0.335 e. The molecule has 1 atom stereocenters. The van der Waals surface area contributed by atoms with E-state index in [2.05, 4.69) is 5.32 Å². The molecule has 0 bridgehead atoms. The minimum Gasteiger partial charge on any atom is -0.335 e. The standard InChI is InChI=1S/C20H20ClFN2OS/c1-24(19(26)23-17-11-5-4-10-16(17)22)20(13-7-6-12-18(20)25)14-8-2-3-9-15(14)21/h2-5,8-11H,6-7,12-13H2,1H3,(H,23,26)/t20-/m0/s1. The van der Waals surface area contributed by atoms with Crippen LogP contribution in [-0.4, -0.2) is 22.8 Å². The Labute approximate surface area is 163 Å². The number of nitrogens with zero attached hydrogens (tertiary/aromatic N) is 1. The maximum atomic E-state index is 14.0. The molecule has 136 valence electrons.